The molecule has 0 spiro atoms. The van der Waals surface area contributed by atoms with Crippen molar-refractivity contribution in [1.82, 2.24) is 5.32 Å². The van der Waals surface area contributed by atoms with Crippen molar-refractivity contribution in [3.05, 3.63) is 0 Å². The maximum absolute atomic E-state index is 5.64. The number of hydrogen-bond acceptors (Lipinski definition) is 2. The summed E-state index contributed by atoms with van der Waals surface area (Å²) in [7, 11) is 0. The Morgan fingerprint density at radius 3 is 2.43 bits per heavy atom. The molecular formula is C12H26N2. The zero-order valence-electron chi connectivity index (χ0n) is 9.76. The maximum atomic E-state index is 5.64. The van der Waals surface area contributed by atoms with Gasteiger partial charge >= 0.3 is 0 Å². The smallest absolute Gasteiger partial charge is 0.0164 e. The molecule has 0 aromatic rings. The first kappa shape index (κ1) is 12.0. The first-order chi connectivity index (χ1) is 6.77. The molecule has 0 aliphatic heterocycles. The molecule has 3 N–H and O–H groups in total. The van der Waals surface area contributed by atoms with Gasteiger partial charge in [-0.15, -0.1) is 0 Å². The van der Waals surface area contributed by atoms with Gasteiger partial charge in [-0.05, 0) is 32.1 Å². The quantitative estimate of drug-likeness (QED) is 0.711. The Balaban J connectivity index is 2.35. The molecule has 1 aliphatic carbocycles. The molecule has 0 heterocycles. The Labute approximate surface area is 88.6 Å². The van der Waals surface area contributed by atoms with Crippen LogP contribution in [-0.2, 0) is 0 Å². The summed E-state index contributed by atoms with van der Waals surface area (Å²) in [5, 5.41) is 3.66. The second-order valence-electron chi connectivity index (χ2n) is 4.72. The second-order valence-corrected chi connectivity index (χ2v) is 4.72. The average molecular weight is 198 g/mol. The van der Waals surface area contributed by atoms with Gasteiger partial charge in [-0.3, -0.25) is 0 Å². The van der Waals surface area contributed by atoms with Gasteiger partial charge in [0.15, 0.2) is 0 Å². The van der Waals surface area contributed by atoms with Gasteiger partial charge in [0.05, 0.1) is 0 Å². The fraction of sp³-hybridized carbons (Fsp3) is 1.00. The van der Waals surface area contributed by atoms with E-state index >= 15 is 0 Å². The fourth-order valence-electron chi connectivity index (χ4n) is 2.56. The lowest BCUT2D eigenvalue weighted by atomic mass is 9.82. The Morgan fingerprint density at radius 1 is 1.29 bits per heavy atom. The Bertz CT molecular complexity index is 141. The van der Waals surface area contributed by atoms with Gasteiger partial charge < -0.3 is 11.1 Å². The highest BCUT2D eigenvalue weighted by Crippen LogP contribution is 2.27. The van der Waals surface area contributed by atoms with Crippen molar-refractivity contribution < 1.29 is 0 Å². The van der Waals surface area contributed by atoms with E-state index in [0.717, 1.165) is 12.5 Å². The number of hydrogen-bond donors (Lipinski definition) is 2. The maximum Gasteiger partial charge on any atom is 0.0164 e. The van der Waals surface area contributed by atoms with Crippen molar-refractivity contribution in [2.24, 2.45) is 11.7 Å². The largest absolute Gasteiger partial charge is 0.329 e. The van der Waals surface area contributed by atoms with Crippen LogP contribution in [0.1, 0.15) is 52.4 Å². The molecule has 1 saturated carbocycles. The normalized spacial score (nSPS) is 23.4. The van der Waals surface area contributed by atoms with E-state index in [1.807, 2.05) is 0 Å². The van der Waals surface area contributed by atoms with Gasteiger partial charge in [-0.2, -0.15) is 0 Å². The van der Waals surface area contributed by atoms with Gasteiger partial charge in [-0.25, -0.2) is 0 Å². The molecule has 0 bridgehead atoms. The third kappa shape index (κ3) is 3.58. The lowest BCUT2D eigenvalue weighted by Gasteiger charge is -2.32. The van der Waals surface area contributed by atoms with E-state index in [2.05, 4.69) is 19.2 Å². The van der Waals surface area contributed by atoms with Crippen LogP contribution in [0.25, 0.3) is 0 Å². The molecule has 1 aliphatic rings. The minimum absolute atomic E-state index is 0.474. The van der Waals surface area contributed by atoms with Crippen molar-refractivity contribution in [2.75, 3.05) is 6.54 Å². The summed E-state index contributed by atoms with van der Waals surface area (Å²) in [4.78, 5) is 0. The van der Waals surface area contributed by atoms with Crippen LogP contribution in [0.3, 0.4) is 0 Å². The van der Waals surface area contributed by atoms with E-state index in [-0.39, 0.29) is 0 Å². The summed E-state index contributed by atoms with van der Waals surface area (Å²) < 4.78 is 0. The van der Waals surface area contributed by atoms with Crippen molar-refractivity contribution in [3.8, 4) is 0 Å². The van der Waals surface area contributed by atoms with Crippen LogP contribution >= 0.6 is 0 Å². The first-order valence-electron chi connectivity index (χ1n) is 6.24. The summed E-state index contributed by atoms with van der Waals surface area (Å²) in [6, 6.07) is 1.18. The van der Waals surface area contributed by atoms with Crippen LogP contribution < -0.4 is 11.1 Å². The summed E-state index contributed by atoms with van der Waals surface area (Å²) in [5.41, 5.74) is 5.64. The molecule has 1 rings (SSSR count). The summed E-state index contributed by atoms with van der Waals surface area (Å²) in [6.45, 7) is 5.23. The Kier molecular flexibility index (Phi) is 5.49. The number of nitrogens with one attached hydrogen (secondary N) is 1. The molecule has 14 heavy (non-hydrogen) atoms. The highest BCUT2D eigenvalue weighted by Gasteiger charge is 2.22. The predicted octanol–water partition coefficient (Wildman–Crippen LogP) is 2.28. The first-order valence-corrected chi connectivity index (χ1v) is 6.24. The van der Waals surface area contributed by atoms with E-state index < -0.39 is 0 Å². The lowest BCUT2D eigenvalue weighted by molar-refractivity contribution is 0.250. The molecule has 0 radical (unpaired) electrons. The number of rotatable bonds is 5. The Morgan fingerprint density at radius 2 is 1.93 bits per heavy atom. The molecule has 2 nitrogen and oxygen atoms in total. The van der Waals surface area contributed by atoms with Crippen LogP contribution in [0.4, 0.5) is 0 Å². The van der Waals surface area contributed by atoms with E-state index in [1.54, 1.807) is 0 Å². The van der Waals surface area contributed by atoms with Gasteiger partial charge in [0.25, 0.3) is 0 Å². The van der Waals surface area contributed by atoms with Gasteiger partial charge in [0.2, 0.25) is 0 Å². The van der Waals surface area contributed by atoms with Gasteiger partial charge in [-0.1, -0.05) is 26.2 Å². The SMILES string of the molecule is CCC(NC(C)CN)C1CCCCC1. The molecule has 0 aromatic heterocycles. The molecule has 0 aromatic carbocycles. The lowest BCUT2D eigenvalue weighted by Crippen LogP contribution is -2.44. The van der Waals surface area contributed by atoms with E-state index in [0.29, 0.717) is 12.1 Å². The van der Waals surface area contributed by atoms with Gasteiger partial charge in [0, 0.05) is 18.6 Å². The molecule has 84 valence electrons. The average Bonchev–Trinajstić information content (AvgIpc) is 2.26. The summed E-state index contributed by atoms with van der Waals surface area (Å²) >= 11 is 0. The zero-order valence-corrected chi connectivity index (χ0v) is 9.76. The van der Waals surface area contributed by atoms with E-state index in [9.17, 15) is 0 Å². The highest BCUT2D eigenvalue weighted by atomic mass is 15.0. The van der Waals surface area contributed by atoms with Crippen LogP contribution in [0.2, 0.25) is 0 Å². The molecule has 2 atom stereocenters. The molecular weight excluding hydrogens is 172 g/mol. The van der Waals surface area contributed by atoms with Crippen molar-refractivity contribution >= 4 is 0 Å². The third-order valence-corrected chi connectivity index (χ3v) is 3.51. The molecule has 2 unspecified atom stereocenters. The minimum Gasteiger partial charge on any atom is -0.329 e. The highest BCUT2D eigenvalue weighted by molar-refractivity contribution is 4.80. The minimum atomic E-state index is 0.474. The molecule has 1 fully saturated rings. The molecule has 2 heteroatoms. The van der Waals surface area contributed by atoms with Crippen LogP contribution in [0.5, 0.6) is 0 Å². The van der Waals surface area contributed by atoms with Crippen LogP contribution in [0.15, 0.2) is 0 Å². The second kappa shape index (κ2) is 6.41. The van der Waals surface area contributed by atoms with Crippen molar-refractivity contribution in [2.45, 2.75) is 64.5 Å². The van der Waals surface area contributed by atoms with Crippen LogP contribution in [-0.4, -0.2) is 18.6 Å². The molecule has 0 amide bonds. The van der Waals surface area contributed by atoms with Crippen LogP contribution in [0, 0.1) is 5.92 Å². The topological polar surface area (TPSA) is 38.0 Å². The molecule has 0 saturated heterocycles. The standard InChI is InChI=1S/C12H26N2/c1-3-12(14-10(2)9-13)11-7-5-4-6-8-11/h10-12,14H,3-9,13H2,1-2H3. The van der Waals surface area contributed by atoms with E-state index in [1.165, 1.54) is 38.5 Å². The number of nitrogens with two attached hydrogens (primary N) is 1. The zero-order chi connectivity index (χ0) is 10.4. The summed E-state index contributed by atoms with van der Waals surface area (Å²) in [5.74, 6) is 0.905. The van der Waals surface area contributed by atoms with Crippen molar-refractivity contribution in [3.63, 3.8) is 0 Å². The van der Waals surface area contributed by atoms with E-state index in [4.69, 9.17) is 5.73 Å². The summed E-state index contributed by atoms with van der Waals surface area (Å²) in [6.07, 6.45) is 8.39. The third-order valence-electron chi connectivity index (χ3n) is 3.51. The Hall–Kier alpha value is -0.0800. The fourth-order valence-corrected chi connectivity index (χ4v) is 2.56. The monoisotopic (exact) mass is 198 g/mol. The van der Waals surface area contributed by atoms with Crippen molar-refractivity contribution in [1.29, 1.82) is 0 Å². The predicted molar refractivity (Wildman–Crippen MR) is 62.3 cm³/mol. The van der Waals surface area contributed by atoms with Gasteiger partial charge in [0.1, 0.15) is 0 Å².